The van der Waals surface area contributed by atoms with Crippen LogP contribution in [0.15, 0.2) is 36.4 Å². The van der Waals surface area contributed by atoms with Gasteiger partial charge in [0.1, 0.15) is 13.1 Å². The Labute approximate surface area is 183 Å². The molecule has 3 rings (SSSR count). The monoisotopic (exact) mass is 422 g/mol. The maximum absolute atomic E-state index is 13.0. The number of amides is 2. The van der Waals surface area contributed by atoms with Crippen LogP contribution in [0.25, 0.3) is 0 Å². The van der Waals surface area contributed by atoms with Crippen molar-refractivity contribution in [3.63, 3.8) is 0 Å². The van der Waals surface area contributed by atoms with Crippen LogP contribution in [-0.2, 0) is 25.5 Å². The summed E-state index contributed by atoms with van der Waals surface area (Å²) in [5.74, 6) is -0.825. The van der Waals surface area contributed by atoms with Crippen molar-refractivity contribution in [3.8, 4) is 0 Å². The van der Waals surface area contributed by atoms with Crippen LogP contribution in [0.5, 0.6) is 0 Å². The van der Waals surface area contributed by atoms with E-state index in [0.717, 1.165) is 17.5 Å². The molecule has 0 aliphatic carbocycles. The summed E-state index contributed by atoms with van der Waals surface area (Å²) in [6.45, 7) is 7.73. The van der Waals surface area contributed by atoms with Gasteiger partial charge in [0.25, 0.3) is 0 Å². The first-order valence-electron chi connectivity index (χ1n) is 10.7. The van der Waals surface area contributed by atoms with E-state index in [2.05, 4.69) is 24.3 Å². The second-order valence-electron chi connectivity index (χ2n) is 8.03. The normalized spacial score (nSPS) is 13.2. The molecule has 6 heteroatoms. The summed E-state index contributed by atoms with van der Waals surface area (Å²) in [4.78, 5) is 40.9. The first-order valence-corrected chi connectivity index (χ1v) is 10.7. The fraction of sp³-hybridized carbons (Fsp3) is 0.400. The quantitative estimate of drug-likeness (QED) is 0.635. The van der Waals surface area contributed by atoms with Gasteiger partial charge in [-0.05, 0) is 69.4 Å². The van der Waals surface area contributed by atoms with E-state index in [1.54, 1.807) is 11.8 Å². The van der Waals surface area contributed by atoms with Gasteiger partial charge in [-0.1, -0.05) is 29.8 Å². The van der Waals surface area contributed by atoms with Crippen LogP contribution in [0.1, 0.15) is 42.0 Å². The lowest BCUT2D eigenvalue weighted by Crippen LogP contribution is -2.50. The van der Waals surface area contributed by atoms with Gasteiger partial charge in [-0.2, -0.15) is 0 Å². The van der Waals surface area contributed by atoms with Crippen LogP contribution in [0.2, 0.25) is 0 Å². The van der Waals surface area contributed by atoms with Crippen molar-refractivity contribution in [3.05, 3.63) is 58.7 Å². The highest BCUT2D eigenvalue weighted by molar-refractivity contribution is 6.12. The molecule has 0 fully saturated rings. The molecule has 2 aromatic rings. The molecule has 1 aliphatic heterocycles. The highest BCUT2D eigenvalue weighted by Gasteiger charge is 2.34. The molecule has 0 atom stereocenters. The Hall–Kier alpha value is -3.15. The van der Waals surface area contributed by atoms with Crippen molar-refractivity contribution in [1.29, 1.82) is 0 Å². The van der Waals surface area contributed by atoms with Gasteiger partial charge in [-0.3, -0.25) is 19.3 Å². The van der Waals surface area contributed by atoms with Crippen LogP contribution in [0.3, 0.4) is 0 Å². The molecule has 0 N–H and O–H groups in total. The van der Waals surface area contributed by atoms with Gasteiger partial charge in [0.2, 0.25) is 11.8 Å². The molecular weight excluding hydrogens is 392 g/mol. The Morgan fingerprint density at radius 2 is 1.65 bits per heavy atom. The fourth-order valence-electron chi connectivity index (χ4n) is 3.72. The number of rotatable bonds is 7. The van der Waals surface area contributed by atoms with Crippen molar-refractivity contribution in [1.82, 2.24) is 0 Å². The number of hydrogen-bond donors (Lipinski definition) is 0. The van der Waals surface area contributed by atoms with Crippen LogP contribution < -0.4 is 9.80 Å². The lowest BCUT2D eigenvalue weighted by molar-refractivity contribution is -0.142. The zero-order valence-electron chi connectivity index (χ0n) is 18.7. The molecule has 0 bridgehead atoms. The van der Waals surface area contributed by atoms with Gasteiger partial charge in [-0.25, -0.2) is 0 Å². The number of anilines is 2. The molecule has 0 saturated carbocycles. The van der Waals surface area contributed by atoms with Gasteiger partial charge in [0, 0.05) is 6.42 Å². The Morgan fingerprint density at radius 1 is 1.00 bits per heavy atom. The number of carbonyl (C=O) groups excluding carboxylic acids is 3. The zero-order chi connectivity index (χ0) is 22.5. The predicted octanol–water partition coefficient (Wildman–Crippen LogP) is 3.88. The Balaban J connectivity index is 1.78. The number of aryl methyl sites for hydroxylation is 4. The Bertz CT molecular complexity index is 982. The number of ether oxygens (including phenoxy) is 1. The highest BCUT2D eigenvalue weighted by Crippen LogP contribution is 2.36. The molecule has 0 radical (unpaired) electrons. The summed E-state index contributed by atoms with van der Waals surface area (Å²) in [5.41, 5.74) is 5.68. The van der Waals surface area contributed by atoms with Crippen molar-refractivity contribution in [2.24, 2.45) is 0 Å². The molecule has 1 aliphatic rings. The van der Waals surface area contributed by atoms with Crippen LogP contribution in [-0.4, -0.2) is 37.5 Å². The minimum Gasteiger partial charge on any atom is -0.465 e. The number of carbonyl (C=O) groups is 3. The van der Waals surface area contributed by atoms with Crippen LogP contribution >= 0.6 is 0 Å². The molecule has 6 nitrogen and oxygen atoms in total. The third kappa shape index (κ3) is 5.32. The van der Waals surface area contributed by atoms with Gasteiger partial charge < -0.3 is 9.64 Å². The maximum Gasteiger partial charge on any atom is 0.326 e. The molecule has 2 amide bonds. The smallest absolute Gasteiger partial charge is 0.326 e. The molecule has 0 saturated heterocycles. The molecule has 0 unspecified atom stereocenters. The van der Waals surface area contributed by atoms with E-state index in [-0.39, 0.29) is 31.5 Å². The van der Waals surface area contributed by atoms with E-state index < -0.39 is 5.97 Å². The minimum atomic E-state index is -0.460. The predicted molar refractivity (Wildman–Crippen MR) is 121 cm³/mol. The lowest BCUT2D eigenvalue weighted by atomic mass is 10.0. The van der Waals surface area contributed by atoms with Crippen LogP contribution in [0.4, 0.5) is 11.4 Å². The zero-order valence-corrected chi connectivity index (χ0v) is 18.7. The van der Waals surface area contributed by atoms with Crippen molar-refractivity contribution in [2.45, 2.75) is 47.0 Å². The Morgan fingerprint density at radius 3 is 2.29 bits per heavy atom. The maximum atomic E-state index is 13.0. The topological polar surface area (TPSA) is 66.9 Å². The second kappa shape index (κ2) is 9.77. The van der Waals surface area contributed by atoms with Crippen LogP contribution in [0, 0.1) is 20.8 Å². The summed E-state index contributed by atoms with van der Waals surface area (Å²) in [6, 6.07) is 12.1. The minimum absolute atomic E-state index is 0.0712. The van der Waals surface area contributed by atoms with E-state index in [4.69, 9.17) is 4.74 Å². The molecule has 0 aromatic heterocycles. The molecule has 164 valence electrons. The largest absolute Gasteiger partial charge is 0.465 e. The summed E-state index contributed by atoms with van der Waals surface area (Å²) >= 11 is 0. The Kier molecular flexibility index (Phi) is 7.10. The van der Waals surface area contributed by atoms with E-state index >= 15 is 0 Å². The summed E-state index contributed by atoms with van der Waals surface area (Å²) < 4.78 is 5.03. The van der Waals surface area contributed by atoms with Gasteiger partial charge in [0.15, 0.2) is 0 Å². The fourth-order valence-corrected chi connectivity index (χ4v) is 3.72. The van der Waals surface area contributed by atoms with E-state index in [0.29, 0.717) is 24.2 Å². The number of fused-ring (bicyclic) bond motifs is 1. The van der Waals surface area contributed by atoms with Gasteiger partial charge in [0.05, 0.1) is 18.0 Å². The third-order valence-electron chi connectivity index (χ3n) is 5.64. The number of hydrogen-bond acceptors (Lipinski definition) is 4. The van der Waals surface area contributed by atoms with Gasteiger partial charge in [-0.15, -0.1) is 0 Å². The summed E-state index contributed by atoms with van der Waals surface area (Å²) in [7, 11) is 0. The van der Waals surface area contributed by atoms with Crippen molar-refractivity contribution in [2.75, 3.05) is 29.5 Å². The number of nitrogens with zero attached hydrogens (tertiary/aromatic N) is 2. The summed E-state index contributed by atoms with van der Waals surface area (Å²) in [6.07, 6.45) is 1.87. The average Bonchev–Trinajstić information content (AvgIpc) is 2.73. The summed E-state index contributed by atoms with van der Waals surface area (Å²) in [5, 5.41) is 0. The SMILES string of the molecule is CCOC(=O)CN1C(=O)CN(C(=O)CCCc2ccc(C)cc2)c2cc(C)c(C)cc21. The molecule has 0 spiro atoms. The highest BCUT2D eigenvalue weighted by atomic mass is 16.5. The average molecular weight is 423 g/mol. The molecule has 31 heavy (non-hydrogen) atoms. The first-order chi connectivity index (χ1) is 14.8. The van der Waals surface area contributed by atoms with Crippen molar-refractivity contribution >= 4 is 29.2 Å². The van der Waals surface area contributed by atoms with E-state index in [1.807, 2.05) is 32.9 Å². The first kappa shape index (κ1) is 22.5. The molecule has 1 heterocycles. The van der Waals surface area contributed by atoms with E-state index in [1.165, 1.54) is 16.0 Å². The second-order valence-corrected chi connectivity index (χ2v) is 8.03. The number of esters is 1. The molecule has 2 aromatic carbocycles. The standard InChI is InChI=1S/C25H30N2O4/c1-5-31-25(30)16-27-22-14-19(4)18(3)13-21(22)26(15-24(27)29)23(28)8-6-7-20-11-9-17(2)10-12-20/h9-14H,5-8,15-16H2,1-4H3. The molecular formula is C25H30N2O4. The van der Waals surface area contributed by atoms with Gasteiger partial charge >= 0.3 is 5.97 Å². The van der Waals surface area contributed by atoms with E-state index in [9.17, 15) is 14.4 Å². The third-order valence-corrected chi connectivity index (χ3v) is 5.64. The van der Waals surface area contributed by atoms with Crippen molar-refractivity contribution < 1.29 is 19.1 Å². The lowest BCUT2D eigenvalue weighted by Gasteiger charge is -2.36. The number of benzene rings is 2.